The lowest BCUT2D eigenvalue weighted by molar-refractivity contribution is 0.0132. The van der Waals surface area contributed by atoms with Crippen molar-refractivity contribution in [2.24, 2.45) is 0 Å². The number of hydrogen-bond donors (Lipinski definition) is 1. The molecule has 1 aromatic rings. The summed E-state index contributed by atoms with van der Waals surface area (Å²) in [7, 11) is 0. The van der Waals surface area contributed by atoms with E-state index in [0.717, 1.165) is 12.0 Å². The third-order valence-electron chi connectivity index (χ3n) is 3.05. The molecule has 0 fully saturated rings. The summed E-state index contributed by atoms with van der Waals surface area (Å²) in [6.07, 6.45) is 1.84. The minimum absolute atomic E-state index is 0.148. The number of nitrogens with one attached hydrogen (secondary N) is 1. The van der Waals surface area contributed by atoms with Gasteiger partial charge in [0.15, 0.2) is 0 Å². The predicted molar refractivity (Wildman–Crippen MR) is 88.7 cm³/mol. The molecule has 4 heteroatoms. The number of carbonyl (C=O) groups excluding carboxylic acids is 1. The van der Waals surface area contributed by atoms with Crippen LogP contribution in [-0.4, -0.2) is 23.8 Å². The van der Waals surface area contributed by atoms with Gasteiger partial charge in [-0.25, -0.2) is 4.79 Å². The molecule has 4 nitrogen and oxygen atoms in total. The van der Waals surface area contributed by atoms with Gasteiger partial charge in [-0.3, -0.25) is 0 Å². The SMILES string of the molecule is C=C[C@H](NC(=O)OC(C)(C)C)[C@@H](CC)OCc1ccccc1. The van der Waals surface area contributed by atoms with Crippen LogP contribution < -0.4 is 5.32 Å². The van der Waals surface area contributed by atoms with E-state index in [1.165, 1.54) is 0 Å². The van der Waals surface area contributed by atoms with Crippen molar-refractivity contribution in [3.05, 3.63) is 48.6 Å². The van der Waals surface area contributed by atoms with Gasteiger partial charge < -0.3 is 14.8 Å². The molecule has 22 heavy (non-hydrogen) atoms. The molecule has 0 aliphatic rings. The first-order valence-electron chi connectivity index (χ1n) is 7.63. The van der Waals surface area contributed by atoms with Crippen LogP contribution in [0.4, 0.5) is 4.79 Å². The molecule has 1 aromatic carbocycles. The zero-order valence-electron chi connectivity index (χ0n) is 14.0. The summed E-state index contributed by atoms with van der Waals surface area (Å²) in [5, 5.41) is 2.81. The van der Waals surface area contributed by atoms with Gasteiger partial charge in [0.05, 0.1) is 18.8 Å². The van der Waals surface area contributed by atoms with E-state index in [9.17, 15) is 4.79 Å². The fourth-order valence-electron chi connectivity index (χ4n) is 2.00. The molecule has 2 atom stereocenters. The molecule has 0 unspecified atom stereocenters. The Morgan fingerprint density at radius 1 is 1.32 bits per heavy atom. The Labute approximate surface area is 133 Å². The molecule has 0 saturated heterocycles. The first-order chi connectivity index (χ1) is 10.4. The van der Waals surface area contributed by atoms with Crippen LogP contribution in [-0.2, 0) is 16.1 Å². The number of benzene rings is 1. The topological polar surface area (TPSA) is 47.6 Å². The highest BCUT2D eigenvalue weighted by molar-refractivity contribution is 5.68. The Morgan fingerprint density at radius 3 is 2.45 bits per heavy atom. The molecule has 0 aliphatic carbocycles. The Hall–Kier alpha value is -1.81. The van der Waals surface area contributed by atoms with Crippen molar-refractivity contribution in [1.82, 2.24) is 5.32 Å². The maximum atomic E-state index is 11.9. The van der Waals surface area contributed by atoms with Gasteiger partial charge in [0.25, 0.3) is 0 Å². The van der Waals surface area contributed by atoms with Crippen LogP contribution in [0.3, 0.4) is 0 Å². The maximum Gasteiger partial charge on any atom is 0.408 e. The Kier molecular flexibility index (Phi) is 7.12. The molecule has 0 bridgehead atoms. The van der Waals surface area contributed by atoms with Gasteiger partial charge >= 0.3 is 6.09 Å². The number of rotatable bonds is 7. The van der Waals surface area contributed by atoms with Gasteiger partial charge in [-0.1, -0.05) is 43.3 Å². The van der Waals surface area contributed by atoms with Crippen molar-refractivity contribution in [3.63, 3.8) is 0 Å². The number of alkyl carbamates (subject to hydrolysis) is 1. The highest BCUT2D eigenvalue weighted by atomic mass is 16.6. The van der Waals surface area contributed by atoms with Crippen LogP contribution in [0.15, 0.2) is 43.0 Å². The van der Waals surface area contributed by atoms with E-state index in [4.69, 9.17) is 9.47 Å². The standard InChI is InChI=1S/C18H27NO3/c1-6-15(19-17(20)22-18(3,4)5)16(7-2)21-13-14-11-9-8-10-12-14/h6,8-12,15-16H,1,7,13H2,2-5H3,(H,19,20)/t15-,16+/m0/s1. The van der Waals surface area contributed by atoms with Crippen LogP contribution in [0.1, 0.15) is 39.7 Å². The average Bonchev–Trinajstić information content (AvgIpc) is 2.45. The van der Waals surface area contributed by atoms with Crippen molar-refractivity contribution in [3.8, 4) is 0 Å². The maximum absolute atomic E-state index is 11.9. The quantitative estimate of drug-likeness (QED) is 0.773. The predicted octanol–water partition coefficient (Wildman–Crippen LogP) is 4.06. The molecule has 0 aliphatic heterocycles. The number of amides is 1. The van der Waals surface area contributed by atoms with E-state index in [1.807, 2.05) is 58.0 Å². The second-order valence-electron chi connectivity index (χ2n) is 6.15. The van der Waals surface area contributed by atoms with E-state index in [-0.39, 0.29) is 12.1 Å². The lowest BCUT2D eigenvalue weighted by atomic mass is 10.1. The Bertz CT molecular complexity index is 465. The Morgan fingerprint density at radius 2 is 1.95 bits per heavy atom. The van der Waals surface area contributed by atoms with Crippen molar-refractivity contribution in [1.29, 1.82) is 0 Å². The van der Waals surface area contributed by atoms with Crippen molar-refractivity contribution < 1.29 is 14.3 Å². The Balaban J connectivity index is 2.57. The van der Waals surface area contributed by atoms with Gasteiger partial charge in [0.2, 0.25) is 0 Å². The largest absolute Gasteiger partial charge is 0.444 e. The van der Waals surface area contributed by atoms with E-state index >= 15 is 0 Å². The molecule has 0 radical (unpaired) electrons. The molecular weight excluding hydrogens is 278 g/mol. The number of ether oxygens (including phenoxy) is 2. The van der Waals surface area contributed by atoms with Crippen molar-refractivity contribution in [2.75, 3.05) is 0 Å². The third-order valence-corrected chi connectivity index (χ3v) is 3.05. The molecule has 0 saturated carbocycles. The van der Waals surface area contributed by atoms with E-state index in [2.05, 4.69) is 11.9 Å². The summed E-state index contributed by atoms with van der Waals surface area (Å²) in [4.78, 5) is 11.9. The average molecular weight is 305 g/mol. The number of hydrogen-bond acceptors (Lipinski definition) is 3. The molecule has 1 amide bonds. The normalized spacial score (nSPS) is 14.0. The van der Waals surface area contributed by atoms with Crippen LogP contribution in [0.25, 0.3) is 0 Å². The molecule has 1 N–H and O–H groups in total. The monoisotopic (exact) mass is 305 g/mol. The summed E-state index contributed by atoms with van der Waals surface area (Å²) in [6, 6.07) is 9.65. The second kappa shape index (κ2) is 8.59. The lowest BCUT2D eigenvalue weighted by Gasteiger charge is -2.27. The van der Waals surface area contributed by atoms with Crippen LogP contribution >= 0.6 is 0 Å². The summed E-state index contributed by atoms with van der Waals surface area (Å²) in [5.41, 5.74) is 0.573. The summed E-state index contributed by atoms with van der Waals surface area (Å²) >= 11 is 0. The van der Waals surface area contributed by atoms with Gasteiger partial charge in [-0.15, -0.1) is 6.58 Å². The zero-order valence-corrected chi connectivity index (χ0v) is 14.0. The molecule has 0 aromatic heterocycles. The van der Waals surface area contributed by atoms with E-state index in [0.29, 0.717) is 6.61 Å². The first-order valence-corrected chi connectivity index (χ1v) is 7.63. The smallest absolute Gasteiger partial charge is 0.408 e. The molecule has 0 heterocycles. The number of carbonyl (C=O) groups is 1. The molecular formula is C18H27NO3. The fourth-order valence-corrected chi connectivity index (χ4v) is 2.00. The third kappa shape index (κ3) is 6.76. The van der Waals surface area contributed by atoms with E-state index < -0.39 is 11.7 Å². The zero-order chi connectivity index (χ0) is 16.6. The van der Waals surface area contributed by atoms with Crippen LogP contribution in [0.2, 0.25) is 0 Å². The minimum atomic E-state index is -0.525. The van der Waals surface area contributed by atoms with Crippen LogP contribution in [0, 0.1) is 0 Å². The molecule has 1 rings (SSSR count). The summed E-state index contributed by atoms with van der Waals surface area (Å²) in [6.45, 7) is 11.8. The van der Waals surface area contributed by atoms with Crippen molar-refractivity contribution >= 4 is 6.09 Å². The molecule has 0 spiro atoms. The fraction of sp³-hybridized carbons (Fsp3) is 0.500. The highest BCUT2D eigenvalue weighted by Crippen LogP contribution is 2.12. The van der Waals surface area contributed by atoms with Crippen molar-refractivity contribution in [2.45, 2.75) is 58.5 Å². The summed E-state index contributed by atoms with van der Waals surface area (Å²) < 4.78 is 11.2. The van der Waals surface area contributed by atoms with Gasteiger partial charge in [-0.05, 0) is 32.8 Å². The first kappa shape index (κ1) is 18.2. The van der Waals surface area contributed by atoms with Crippen LogP contribution in [0.5, 0.6) is 0 Å². The van der Waals surface area contributed by atoms with Gasteiger partial charge in [-0.2, -0.15) is 0 Å². The lowest BCUT2D eigenvalue weighted by Crippen LogP contribution is -2.45. The summed E-state index contributed by atoms with van der Waals surface area (Å²) in [5.74, 6) is 0. The highest BCUT2D eigenvalue weighted by Gasteiger charge is 2.23. The minimum Gasteiger partial charge on any atom is -0.444 e. The van der Waals surface area contributed by atoms with E-state index in [1.54, 1.807) is 6.08 Å². The molecule has 122 valence electrons. The second-order valence-corrected chi connectivity index (χ2v) is 6.15. The van der Waals surface area contributed by atoms with Gasteiger partial charge in [0, 0.05) is 0 Å². The van der Waals surface area contributed by atoms with Gasteiger partial charge in [0.1, 0.15) is 5.60 Å².